The zero-order chi connectivity index (χ0) is 14.8. The van der Waals surface area contributed by atoms with E-state index in [0.29, 0.717) is 25.6 Å². The van der Waals surface area contributed by atoms with Gasteiger partial charge in [-0.1, -0.05) is 0 Å². The fraction of sp³-hybridized carbons (Fsp3) is 0.583. The van der Waals surface area contributed by atoms with Gasteiger partial charge >= 0.3 is 0 Å². The molecule has 0 aliphatic carbocycles. The summed E-state index contributed by atoms with van der Waals surface area (Å²) >= 11 is 0. The van der Waals surface area contributed by atoms with Crippen molar-refractivity contribution in [1.29, 1.82) is 0 Å². The predicted octanol–water partition coefficient (Wildman–Crippen LogP) is 1.44. The number of carbonyl (C=O) groups is 1. The molecule has 1 amide bonds. The van der Waals surface area contributed by atoms with Crippen molar-refractivity contribution >= 4 is 25.6 Å². The third-order valence-corrected chi connectivity index (χ3v) is 4.71. The van der Waals surface area contributed by atoms with E-state index in [1.54, 1.807) is 12.0 Å². The SMILES string of the molecule is COCC1CCCN(C(=O)c2cc(S(=O)(=O)Cl)c[nH]2)C1. The summed E-state index contributed by atoms with van der Waals surface area (Å²) in [7, 11) is 3.06. The molecule has 1 saturated heterocycles. The van der Waals surface area contributed by atoms with Gasteiger partial charge < -0.3 is 14.6 Å². The fourth-order valence-electron chi connectivity index (χ4n) is 2.43. The zero-order valence-corrected chi connectivity index (χ0v) is 12.7. The Labute approximate surface area is 122 Å². The van der Waals surface area contributed by atoms with Crippen LogP contribution in [-0.4, -0.2) is 51.0 Å². The highest BCUT2D eigenvalue weighted by molar-refractivity contribution is 8.13. The summed E-state index contributed by atoms with van der Waals surface area (Å²) in [6, 6.07) is 1.27. The van der Waals surface area contributed by atoms with Crippen molar-refractivity contribution in [2.45, 2.75) is 17.7 Å². The molecular weight excluding hydrogens is 304 g/mol. The summed E-state index contributed by atoms with van der Waals surface area (Å²) in [5.41, 5.74) is 0.238. The first-order valence-corrected chi connectivity index (χ1v) is 8.64. The van der Waals surface area contributed by atoms with E-state index in [-0.39, 0.29) is 16.5 Å². The number of aromatic amines is 1. The number of H-pyrrole nitrogens is 1. The van der Waals surface area contributed by atoms with Gasteiger partial charge in [-0.3, -0.25) is 4.79 Å². The van der Waals surface area contributed by atoms with Gasteiger partial charge in [0.1, 0.15) is 10.6 Å². The second kappa shape index (κ2) is 6.15. The van der Waals surface area contributed by atoms with Gasteiger partial charge in [-0.25, -0.2) is 8.42 Å². The Bertz CT molecular complexity index is 582. The molecule has 1 aliphatic rings. The second-order valence-electron chi connectivity index (χ2n) is 4.90. The van der Waals surface area contributed by atoms with Crippen LogP contribution >= 0.6 is 10.7 Å². The smallest absolute Gasteiger partial charge is 0.270 e. The van der Waals surface area contributed by atoms with E-state index in [4.69, 9.17) is 15.4 Å². The molecule has 6 nitrogen and oxygen atoms in total. The lowest BCUT2D eigenvalue weighted by atomic mass is 9.99. The summed E-state index contributed by atoms with van der Waals surface area (Å²) in [6.45, 7) is 1.91. The van der Waals surface area contributed by atoms with Crippen LogP contribution in [0.5, 0.6) is 0 Å². The van der Waals surface area contributed by atoms with Crippen LogP contribution in [0.4, 0.5) is 0 Å². The number of ether oxygens (including phenoxy) is 1. The van der Waals surface area contributed by atoms with Crippen LogP contribution in [0.25, 0.3) is 0 Å². The lowest BCUT2D eigenvalue weighted by Crippen LogP contribution is -2.41. The van der Waals surface area contributed by atoms with Gasteiger partial charge in [-0.2, -0.15) is 0 Å². The fourth-order valence-corrected chi connectivity index (χ4v) is 3.16. The molecule has 1 aliphatic heterocycles. The van der Waals surface area contributed by atoms with Crippen LogP contribution in [0.15, 0.2) is 17.2 Å². The van der Waals surface area contributed by atoms with E-state index in [9.17, 15) is 13.2 Å². The number of nitrogens with one attached hydrogen (secondary N) is 1. The molecule has 112 valence electrons. The first-order valence-electron chi connectivity index (χ1n) is 6.33. The number of amides is 1. The molecule has 2 heterocycles. The number of carbonyl (C=O) groups excluding carboxylic acids is 1. The Hall–Kier alpha value is -1.05. The quantitative estimate of drug-likeness (QED) is 0.851. The Morgan fingerprint density at radius 3 is 2.95 bits per heavy atom. The van der Waals surface area contributed by atoms with Gasteiger partial charge in [0.15, 0.2) is 0 Å². The zero-order valence-electron chi connectivity index (χ0n) is 11.1. The number of hydrogen-bond donors (Lipinski definition) is 1. The van der Waals surface area contributed by atoms with Crippen LogP contribution in [0.2, 0.25) is 0 Å². The average Bonchev–Trinajstić information content (AvgIpc) is 2.88. The lowest BCUT2D eigenvalue weighted by Gasteiger charge is -2.32. The van der Waals surface area contributed by atoms with Crippen LogP contribution in [0.3, 0.4) is 0 Å². The Morgan fingerprint density at radius 2 is 2.35 bits per heavy atom. The molecule has 0 saturated carbocycles. The van der Waals surface area contributed by atoms with Crippen LogP contribution in [0, 0.1) is 5.92 Å². The third-order valence-electron chi connectivity index (χ3n) is 3.38. The highest BCUT2D eigenvalue weighted by Gasteiger charge is 2.26. The summed E-state index contributed by atoms with van der Waals surface area (Å²) < 4.78 is 27.5. The van der Waals surface area contributed by atoms with Gasteiger partial charge in [0.05, 0.1) is 6.61 Å². The third kappa shape index (κ3) is 3.53. The van der Waals surface area contributed by atoms with Gasteiger partial charge in [0.2, 0.25) is 0 Å². The van der Waals surface area contributed by atoms with Crippen molar-refractivity contribution in [1.82, 2.24) is 9.88 Å². The van der Waals surface area contributed by atoms with Crippen molar-refractivity contribution in [3.8, 4) is 0 Å². The van der Waals surface area contributed by atoms with E-state index < -0.39 is 9.05 Å². The first-order chi connectivity index (χ1) is 9.41. The molecule has 1 N–H and O–H groups in total. The number of piperidine rings is 1. The minimum absolute atomic E-state index is 0.0898. The van der Waals surface area contributed by atoms with E-state index in [1.165, 1.54) is 12.3 Å². The van der Waals surface area contributed by atoms with Crippen molar-refractivity contribution in [2.24, 2.45) is 5.92 Å². The topological polar surface area (TPSA) is 79.5 Å². The molecule has 2 rings (SSSR count). The van der Waals surface area contributed by atoms with Gasteiger partial charge in [-0.15, -0.1) is 0 Å². The molecule has 1 fully saturated rings. The van der Waals surface area contributed by atoms with Crippen molar-refractivity contribution in [2.75, 3.05) is 26.8 Å². The van der Waals surface area contributed by atoms with E-state index in [0.717, 1.165) is 12.8 Å². The molecule has 0 bridgehead atoms. The number of methoxy groups -OCH3 is 1. The minimum atomic E-state index is -3.82. The molecule has 0 aromatic carbocycles. The second-order valence-corrected chi connectivity index (χ2v) is 7.47. The van der Waals surface area contributed by atoms with Crippen LogP contribution in [0.1, 0.15) is 23.3 Å². The van der Waals surface area contributed by atoms with Crippen LogP contribution in [-0.2, 0) is 13.8 Å². The Balaban J connectivity index is 2.09. The molecule has 1 aromatic rings. The maximum atomic E-state index is 12.3. The number of likely N-dealkylation sites (tertiary alicyclic amines) is 1. The lowest BCUT2D eigenvalue weighted by molar-refractivity contribution is 0.0566. The molecule has 0 spiro atoms. The molecule has 1 atom stereocenters. The first kappa shape index (κ1) is 15.3. The Kier molecular flexibility index (Phi) is 4.72. The summed E-state index contributed by atoms with van der Waals surface area (Å²) in [4.78, 5) is 16.6. The maximum absolute atomic E-state index is 12.3. The normalized spacial score (nSPS) is 20.1. The maximum Gasteiger partial charge on any atom is 0.270 e. The number of nitrogens with zero attached hydrogens (tertiary/aromatic N) is 1. The average molecular weight is 321 g/mol. The molecular formula is C12H17ClN2O4S. The Morgan fingerprint density at radius 1 is 1.60 bits per heavy atom. The van der Waals surface area contributed by atoms with Crippen molar-refractivity contribution < 1.29 is 17.9 Å². The predicted molar refractivity (Wildman–Crippen MR) is 74.3 cm³/mol. The molecule has 1 aromatic heterocycles. The summed E-state index contributed by atoms with van der Waals surface area (Å²) in [5, 5.41) is 0. The van der Waals surface area contributed by atoms with Gasteiger partial charge in [0, 0.05) is 37.1 Å². The van der Waals surface area contributed by atoms with Crippen LogP contribution < -0.4 is 0 Å². The highest BCUT2D eigenvalue weighted by atomic mass is 35.7. The molecule has 0 radical (unpaired) electrons. The number of hydrogen-bond acceptors (Lipinski definition) is 4. The molecule has 20 heavy (non-hydrogen) atoms. The van der Waals surface area contributed by atoms with Crippen molar-refractivity contribution in [3.05, 3.63) is 18.0 Å². The standard InChI is InChI=1S/C12H17ClN2O4S/c1-19-8-9-3-2-4-15(7-9)12(16)11-5-10(6-14-11)20(13,17)18/h5-6,9,14H,2-4,7-8H2,1H3. The van der Waals surface area contributed by atoms with Crippen molar-refractivity contribution in [3.63, 3.8) is 0 Å². The largest absolute Gasteiger partial charge is 0.384 e. The van der Waals surface area contributed by atoms with E-state index in [2.05, 4.69) is 4.98 Å². The summed E-state index contributed by atoms with van der Waals surface area (Å²) in [6.07, 6.45) is 3.18. The number of rotatable bonds is 4. The molecule has 8 heteroatoms. The van der Waals surface area contributed by atoms with E-state index >= 15 is 0 Å². The summed E-state index contributed by atoms with van der Waals surface area (Å²) in [5.74, 6) is 0.112. The molecule has 1 unspecified atom stereocenters. The monoisotopic (exact) mass is 320 g/mol. The number of halogens is 1. The van der Waals surface area contributed by atoms with Gasteiger partial charge in [0.25, 0.3) is 15.0 Å². The number of aromatic nitrogens is 1. The van der Waals surface area contributed by atoms with E-state index in [1.807, 2.05) is 0 Å². The van der Waals surface area contributed by atoms with Gasteiger partial charge in [-0.05, 0) is 24.8 Å². The highest BCUT2D eigenvalue weighted by Crippen LogP contribution is 2.21. The minimum Gasteiger partial charge on any atom is -0.384 e.